The number of ether oxygens (including phenoxy) is 1. The van der Waals surface area contributed by atoms with E-state index >= 15 is 0 Å². The Morgan fingerprint density at radius 3 is 2.72 bits per heavy atom. The van der Waals surface area contributed by atoms with Gasteiger partial charge in [-0.05, 0) is 41.5 Å². The molecular weight excluding hydrogens is 318 g/mol. The Bertz CT molecular complexity index is 745. The molecule has 2 rings (SSSR count). The van der Waals surface area contributed by atoms with Gasteiger partial charge in [0.25, 0.3) is 0 Å². The van der Waals surface area contributed by atoms with Crippen molar-refractivity contribution in [1.82, 2.24) is 15.2 Å². The van der Waals surface area contributed by atoms with Crippen molar-refractivity contribution in [1.29, 1.82) is 0 Å². The summed E-state index contributed by atoms with van der Waals surface area (Å²) in [4.78, 5) is 29.3. The van der Waals surface area contributed by atoms with Crippen LogP contribution in [0.5, 0.6) is 5.75 Å². The lowest BCUT2D eigenvalue weighted by Crippen LogP contribution is -2.37. The normalized spacial score (nSPS) is 10.5. The van der Waals surface area contributed by atoms with Gasteiger partial charge in [0.1, 0.15) is 5.75 Å². The predicted octanol–water partition coefficient (Wildman–Crippen LogP) is 1.88. The van der Waals surface area contributed by atoms with Crippen LogP contribution in [0, 0.1) is 0 Å². The summed E-state index contributed by atoms with van der Waals surface area (Å²) in [5.74, 6) is 0.253. The van der Waals surface area contributed by atoms with Gasteiger partial charge in [0.2, 0.25) is 11.8 Å². The number of nitrogens with one attached hydrogen (secondary N) is 1. The van der Waals surface area contributed by atoms with Crippen LogP contribution in [0.4, 0.5) is 0 Å². The molecule has 0 atom stereocenters. The van der Waals surface area contributed by atoms with Crippen LogP contribution < -0.4 is 10.1 Å². The van der Waals surface area contributed by atoms with Crippen LogP contribution in [-0.2, 0) is 16.1 Å². The van der Waals surface area contributed by atoms with E-state index in [0.29, 0.717) is 6.54 Å². The van der Waals surface area contributed by atoms with Gasteiger partial charge in [-0.2, -0.15) is 0 Å². The molecule has 1 heterocycles. The topological polar surface area (TPSA) is 71.5 Å². The summed E-state index contributed by atoms with van der Waals surface area (Å²) in [6, 6.07) is 11.0. The number of methoxy groups -OCH3 is 1. The quantitative estimate of drug-likeness (QED) is 0.782. The molecule has 0 radical (unpaired) electrons. The number of carbonyl (C=O) groups is 2. The smallest absolute Gasteiger partial charge is 0.246 e. The van der Waals surface area contributed by atoms with Gasteiger partial charge >= 0.3 is 0 Å². The number of hydrogen-bond acceptors (Lipinski definition) is 4. The second kappa shape index (κ2) is 9.22. The fourth-order valence-electron chi connectivity index (χ4n) is 2.09. The summed E-state index contributed by atoms with van der Waals surface area (Å²) in [6.45, 7) is 0.398. The molecule has 0 bridgehead atoms. The average Bonchev–Trinajstić information content (AvgIpc) is 2.65. The number of nitrogens with zero attached hydrogens (tertiary/aromatic N) is 2. The zero-order valence-electron chi connectivity index (χ0n) is 14.3. The molecule has 0 saturated carbocycles. The highest BCUT2D eigenvalue weighted by atomic mass is 16.5. The number of carbonyl (C=O) groups excluding carboxylic acids is 2. The Morgan fingerprint density at radius 2 is 2.00 bits per heavy atom. The molecule has 0 saturated heterocycles. The van der Waals surface area contributed by atoms with Crippen molar-refractivity contribution in [2.24, 2.45) is 0 Å². The minimum Gasteiger partial charge on any atom is -0.497 e. The second-order valence-electron chi connectivity index (χ2n) is 5.44. The first-order chi connectivity index (χ1) is 12.1. The average molecular weight is 339 g/mol. The molecule has 0 spiro atoms. The van der Waals surface area contributed by atoms with Crippen molar-refractivity contribution < 1.29 is 14.3 Å². The first-order valence-corrected chi connectivity index (χ1v) is 7.81. The predicted molar refractivity (Wildman–Crippen MR) is 95.7 cm³/mol. The Kier molecular flexibility index (Phi) is 6.71. The monoisotopic (exact) mass is 339 g/mol. The van der Waals surface area contributed by atoms with Crippen molar-refractivity contribution in [3.63, 3.8) is 0 Å². The molecule has 0 unspecified atom stereocenters. The van der Waals surface area contributed by atoms with Gasteiger partial charge in [-0.15, -0.1) is 0 Å². The molecule has 6 nitrogen and oxygen atoms in total. The number of amides is 2. The number of pyridine rings is 1. The molecule has 2 amide bonds. The largest absolute Gasteiger partial charge is 0.497 e. The summed E-state index contributed by atoms with van der Waals surface area (Å²) in [7, 11) is 3.18. The highest BCUT2D eigenvalue weighted by molar-refractivity contribution is 5.94. The Morgan fingerprint density at radius 1 is 1.24 bits per heavy atom. The third-order valence-corrected chi connectivity index (χ3v) is 3.51. The van der Waals surface area contributed by atoms with Gasteiger partial charge in [0.15, 0.2) is 0 Å². The zero-order valence-corrected chi connectivity index (χ0v) is 14.3. The summed E-state index contributed by atoms with van der Waals surface area (Å²) in [5.41, 5.74) is 1.80. The van der Waals surface area contributed by atoms with Gasteiger partial charge in [0, 0.05) is 32.1 Å². The number of aromatic nitrogens is 1. The number of likely N-dealkylation sites (N-methyl/N-ethyl adjacent to an activating group) is 1. The third kappa shape index (κ3) is 6.10. The molecule has 1 aromatic heterocycles. The van der Waals surface area contributed by atoms with Gasteiger partial charge in [-0.25, -0.2) is 0 Å². The maximum absolute atomic E-state index is 12.1. The van der Waals surface area contributed by atoms with E-state index in [9.17, 15) is 9.59 Å². The van der Waals surface area contributed by atoms with E-state index in [1.807, 2.05) is 36.4 Å². The fourth-order valence-corrected chi connectivity index (χ4v) is 2.09. The summed E-state index contributed by atoms with van der Waals surface area (Å²) < 4.78 is 5.14. The van der Waals surface area contributed by atoms with Crippen molar-refractivity contribution in [2.45, 2.75) is 6.54 Å². The zero-order chi connectivity index (χ0) is 18.1. The summed E-state index contributed by atoms with van der Waals surface area (Å²) >= 11 is 0. The molecule has 1 aromatic carbocycles. The molecule has 0 aliphatic rings. The van der Waals surface area contributed by atoms with Crippen molar-refractivity contribution in [3.8, 4) is 5.75 Å². The van der Waals surface area contributed by atoms with E-state index in [1.54, 1.807) is 32.6 Å². The molecule has 2 aromatic rings. The van der Waals surface area contributed by atoms with Gasteiger partial charge < -0.3 is 15.0 Å². The van der Waals surface area contributed by atoms with Crippen LogP contribution in [0.1, 0.15) is 11.1 Å². The highest BCUT2D eigenvalue weighted by Gasteiger charge is 2.10. The first kappa shape index (κ1) is 18.2. The molecule has 0 aliphatic carbocycles. The fraction of sp³-hybridized carbons (Fsp3) is 0.211. The van der Waals surface area contributed by atoms with Gasteiger partial charge in [-0.1, -0.05) is 12.1 Å². The molecule has 0 aliphatic heterocycles. The van der Waals surface area contributed by atoms with E-state index in [4.69, 9.17) is 4.74 Å². The highest BCUT2D eigenvalue weighted by Crippen LogP contribution is 2.13. The molecule has 6 heteroatoms. The van der Waals surface area contributed by atoms with Crippen LogP contribution >= 0.6 is 0 Å². The van der Waals surface area contributed by atoms with Crippen molar-refractivity contribution in [3.05, 3.63) is 66.0 Å². The van der Waals surface area contributed by atoms with Crippen molar-refractivity contribution >= 4 is 17.9 Å². The Balaban J connectivity index is 1.82. The lowest BCUT2D eigenvalue weighted by atomic mass is 10.2. The maximum atomic E-state index is 12.1. The van der Waals surface area contributed by atoms with E-state index in [0.717, 1.165) is 16.9 Å². The third-order valence-electron chi connectivity index (χ3n) is 3.51. The van der Waals surface area contributed by atoms with Crippen LogP contribution in [0.25, 0.3) is 6.08 Å². The van der Waals surface area contributed by atoms with E-state index in [1.165, 1.54) is 11.0 Å². The molecule has 130 valence electrons. The minimum absolute atomic E-state index is 0.00757. The molecule has 1 N–H and O–H groups in total. The van der Waals surface area contributed by atoms with Crippen LogP contribution in [0.3, 0.4) is 0 Å². The summed E-state index contributed by atoms with van der Waals surface area (Å²) in [5, 5.41) is 2.77. The lowest BCUT2D eigenvalue weighted by molar-refractivity contribution is -0.131. The first-order valence-electron chi connectivity index (χ1n) is 7.81. The van der Waals surface area contributed by atoms with Gasteiger partial charge in [-0.3, -0.25) is 14.6 Å². The van der Waals surface area contributed by atoms with E-state index < -0.39 is 0 Å². The lowest BCUT2D eigenvalue weighted by Gasteiger charge is -2.14. The minimum atomic E-state index is -0.248. The van der Waals surface area contributed by atoms with Crippen molar-refractivity contribution in [2.75, 3.05) is 20.7 Å². The molecular formula is C19H21N3O3. The second-order valence-corrected chi connectivity index (χ2v) is 5.44. The number of benzene rings is 1. The van der Waals surface area contributed by atoms with Crippen LogP contribution in [-0.4, -0.2) is 42.4 Å². The number of hydrogen-bond donors (Lipinski definition) is 1. The summed E-state index contributed by atoms with van der Waals surface area (Å²) in [6.07, 6.45) is 6.46. The Hall–Kier alpha value is -3.15. The molecule has 0 fully saturated rings. The van der Waals surface area contributed by atoms with E-state index in [2.05, 4.69) is 10.3 Å². The standard InChI is InChI=1S/C19H21N3O3/c1-22(14-18(23)21-13-16-8-10-20-11-9-16)19(24)7-6-15-4-3-5-17(12-15)25-2/h3-12H,13-14H2,1-2H3,(H,21,23)/b7-6+. The maximum Gasteiger partial charge on any atom is 0.246 e. The SMILES string of the molecule is COc1cccc(/C=C/C(=O)N(C)CC(=O)NCc2ccncc2)c1. The molecule has 25 heavy (non-hydrogen) atoms. The van der Waals surface area contributed by atoms with Crippen LogP contribution in [0.2, 0.25) is 0 Å². The van der Waals surface area contributed by atoms with Gasteiger partial charge in [0.05, 0.1) is 13.7 Å². The van der Waals surface area contributed by atoms with Crippen LogP contribution in [0.15, 0.2) is 54.9 Å². The Labute approximate surface area is 147 Å². The number of rotatable bonds is 7. The van der Waals surface area contributed by atoms with E-state index in [-0.39, 0.29) is 18.4 Å².